The zero-order valence-corrected chi connectivity index (χ0v) is 81.5. The first-order valence-electron chi connectivity index (χ1n) is 39.5. The van der Waals surface area contributed by atoms with Crippen molar-refractivity contribution in [2.24, 2.45) is 5.73 Å². The van der Waals surface area contributed by atoms with E-state index < -0.39 is 51.8 Å². The summed E-state index contributed by atoms with van der Waals surface area (Å²) < 4.78 is 51.3. The minimum atomic E-state index is -0.774. The number of phenolic OH excluding ortho intramolecular Hbond substituents is 1. The summed E-state index contributed by atoms with van der Waals surface area (Å²) in [6, 6.07) is 8.67. The highest BCUT2D eigenvalue weighted by molar-refractivity contribution is 6.44. The third-order valence-corrected chi connectivity index (χ3v) is 21.3. The summed E-state index contributed by atoms with van der Waals surface area (Å²) in [5.74, 6) is 0.108. The largest absolute Gasteiger partial charge is 0.569 e. The molecule has 1 aromatic carbocycles. The number of nitrogen functional groups attached to an aromatic ring is 1. The molecule has 10 aromatic heterocycles. The number of H-pyrrole nitrogens is 1. The van der Waals surface area contributed by atoms with Crippen molar-refractivity contribution in [3.8, 4) is 22.9 Å². The maximum Gasteiger partial charge on any atom is 0.569 e. The number of phenols is 1. The molecule has 2 aliphatic heterocycles. The second-order valence-corrected chi connectivity index (χ2v) is 35.9. The van der Waals surface area contributed by atoms with Crippen LogP contribution in [0.1, 0.15) is 201 Å². The number of benzene rings is 1. The van der Waals surface area contributed by atoms with E-state index in [2.05, 4.69) is 78.1 Å². The van der Waals surface area contributed by atoms with Crippen molar-refractivity contribution in [1.82, 2.24) is 80.1 Å². The van der Waals surface area contributed by atoms with Crippen molar-refractivity contribution in [2.45, 2.75) is 185 Å². The van der Waals surface area contributed by atoms with Crippen molar-refractivity contribution in [2.75, 3.05) is 55.2 Å². The number of rotatable bonds is 12. The molecule has 2 fully saturated rings. The van der Waals surface area contributed by atoms with E-state index in [4.69, 9.17) is 165 Å². The van der Waals surface area contributed by atoms with Crippen LogP contribution in [-0.4, -0.2) is 180 Å². The number of piperazine rings is 2. The zero-order chi connectivity index (χ0) is 97.5. The fourth-order valence-electron chi connectivity index (χ4n) is 12.0. The molecule has 0 spiro atoms. The fraction of sp³-hybridized carbons (Fsp3) is 0.420. The molecule has 13 rings (SSSR count). The number of carbonyl (C=O) groups is 5. The Kier molecular flexibility index (Phi) is 37.9. The lowest BCUT2D eigenvalue weighted by Gasteiger charge is -2.41. The standard InChI is InChI=1S/C24H30Cl2N6O4.C14H13Cl3N4O3.C14H12Cl2N4O3.C10H20N2O2.C7H12N2O.C6H5BFO3.C6H3Cl3N2O/c1-12(2)18-17(14(4)29-36-18)32-21-15(10-16(25)19(26)27-21)20(28-22(32)33)31-9-8-30(11-13(31)3)23(34)35-24(5,6)7;1-5(2)10-9(6(3)21-24-10)18-14(23)20-13(22)7-4-8(15)12(17)19-11(7)16;1-5(2)10-9(6(3)19-23-10)20-12-7(13(21)18-14(20)22)4-8(15)11(16)17-12;1-8-7-12(6-5-11-8)9(13)14-10(2,3)4;1-4(2)7-6(8)5(3)9-10-7;8-4-2-1-3-5(9)6(4)11-7-10;7-3-1-2(6(10)12)4(8)11-5(3)9/h10,12-13H,8-9,11H2,1-7H3;4-5H,1-3H3,(H2,18,20,22,23);4-5H,1-3H3,(H,18,21,22);8,11H,5-7H2,1-4H3;4H,8H2,1-3H3;1-3,9-10H;1H,(H2,10,12)/t13-;;;8-;;;/m0..0.../s1. The smallest absolute Gasteiger partial charge is 0.533 e. The number of hydrogen-bond acceptors (Lipinski definition) is 29. The Bertz CT molecular complexity index is 6110. The van der Waals surface area contributed by atoms with Crippen LogP contribution in [0.15, 0.2) is 74.9 Å². The van der Waals surface area contributed by atoms with E-state index in [0.29, 0.717) is 113 Å². The van der Waals surface area contributed by atoms with Crippen LogP contribution >= 0.6 is 116 Å². The average molecular weight is 2010 g/mol. The van der Waals surface area contributed by atoms with E-state index in [1.54, 1.807) is 36.6 Å². The Labute approximate surface area is 795 Å². The molecule has 6 amide bonds. The number of hydrogen-bond donors (Lipinski definition) is 8. The third kappa shape index (κ3) is 27.9. The SMILES string of the molecule is C[C@H]1CN(C(=O)OC(C)(C)C)CCN1.Cc1noc(C(C)C)c1-n1c(=O)[nH]c(=O)c2cc(Cl)c(Cl)nc21.Cc1noc(C(C)C)c1-n1c(=O)nc(N2CCN(C(=O)OC(C)(C)C)C[C@@H]2C)c2cc(Cl)c(Cl)nc21.Cc1noc(C(C)C)c1N.Cc1noc(C(C)C)c1NC(=O)NC(=O)c1cc(Cl)c(Cl)nc1Cl.NC(=O)c1cc(Cl)c(Cl)nc1Cl.O[B]Oc1c(O)cccc1F. The molecule has 0 saturated carbocycles. The Balaban J connectivity index is 0.000000218. The average Bonchev–Trinajstić information content (AvgIpc) is 1.42. The highest BCUT2D eigenvalue weighted by atomic mass is 35.5. The number of carbonyl (C=O) groups excluding carboxylic acids is 5. The number of nitrogens with two attached hydrogens (primary N) is 2. The monoisotopic (exact) mass is 2000 g/mol. The Morgan fingerprint density at radius 2 is 1.04 bits per heavy atom. The van der Waals surface area contributed by atoms with E-state index in [-0.39, 0.29) is 121 Å². The number of primary amides is 1. The molecular weight excluding hydrogens is 1910 g/mol. The molecule has 0 bridgehead atoms. The number of anilines is 3. The van der Waals surface area contributed by atoms with Gasteiger partial charge in [0.05, 0.1) is 47.7 Å². The molecule has 0 unspecified atom stereocenters. The number of ether oxygens (including phenoxy) is 2. The third-order valence-electron chi connectivity index (χ3n) is 18.1. The van der Waals surface area contributed by atoms with Gasteiger partial charge in [-0.05, 0) is 119 Å². The lowest BCUT2D eigenvalue weighted by Crippen LogP contribution is -2.55. The lowest BCUT2D eigenvalue weighted by atomic mass is 10.1. The van der Waals surface area contributed by atoms with Gasteiger partial charge in [0.15, 0.2) is 51.7 Å². The van der Waals surface area contributed by atoms with Gasteiger partial charge in [0.25, 0.3) is 17.4 Å². The number of para-hydroxylation sites is 1. The van der Waals surface area contributed by atoms with Crippen LogP contribution in [0.3, 0.4) is 0 Å². The van der Waals surface area contributed by atoms with Gasteiger partial charge in [-0.15, -0.1) is 0 Å². The van der Waals surface area contributed by atoms with E-state index in [9.17, 15) is 42.7 Å². The zero-order valence-electron chi connectivity index (χ0n) is 73.9. The summed E-state index contributed by atoms with van der Waals surface area (Å²) in [6.07, 6.45) is -0.575. The van der Waals surface area contributed by atoms with Crippen molar-refractivity contribution in [3.05, 3.63) is 188 Å². The molecule has 2 aliphatic rings. The first kappa shape index (κ1) is 107. The van der Waals surface area contributed by atoms with Crippen LogP contribution in [-0.2, 0) is 9.47 Å². The van der Waals surface area contributed by atoms with Crippen LogP contribution in [0, 0.1) is 33.5 Å². The molecule has 701 valence electrons. The number of aromatic amines is 1. The van der Waals surface area contributed by atoms with Gasteiger partial charge in [-0.25, -0.2) is 57.4 Å². The number of pyridine rings is 4. The summed E-state index contributed by atoms with van der Waals surface area (Å²) in [5.41, 5.74) is 12.6. The van der Waals surface area contributed by atoms with Crippen LogP contribution in [0.25, 0.3) is 33.4 Å². The van der Waals surface area contributed by atoms with Gasteiger partial charge in [0, 0.05) is 75.0 Å². The number of urea groups is 1. The highest BCUT2D eigenvalue weighted by Gasteiger charge is 2.35. The number of nitrogens with zero attached hydrogens (tertiary/aromatic N) is 14. The normalized spacial score (nSPS) is 13.7. The Morgan fingerprint density at radius 1 is 0.585 bits per heavy atom. The predicted octanol–water partition coefficient (Wildman–Crippen LogP) is 17.7. The number of aromatic hydroxyl groups is 1. The van der Waals surface area contributed by atoms with E-state index in [1.807, 2.05) is 116 Å². The second-order valence-electron chi connectivity index (χ2n) is 32.1. The van der Waals surface area contributed by atoms with Crippen molar-refractivity contribution < 1.29 is 70.7 Å². The molecule has 2 atom stereocenters. The topological polar surface area (TPSA) is 497 Å². The van der Waals surface area contributed by atoms with E-state index >= 15 is 0 Å². The molecule has 0 aliphatic carbocycles. The van der Waals surface area contributed by atoms with Crippen LogP contribution in [0.2, 0.25) is 51.0 Å². The number of imide groups is 1. The molecular formula is C81H95BCl10FN20O17. The number of aromatic nitrogens is 12. The molecule has 130 heavy (non-hydrogen) atoms. The first-order chi connectivity index (χ1) is 60.6. The van der Waals surface area contributed by atoms with E-state index in [0.717, 1.165) is 37.2 Å². The van der Waals surface area contributed by atoms with Crippen molar-refractivity contribution >= 4 is 193 Å². The first-order valence-corrected chi connectivity index (χ1v) is 43.3. The van der Waals surface area contributed by atoms with Gasteiger partial charge in [-0.1, -0.05) is 198 Å². The molecule has 12 heterocycles. The maximum atomic E-state index is 13.5. The minimum absolute atomic E-state index is 0.00174. The predicted molar refractivity (Wildman–Crippen MR) is 496 cm³/mol. The summed E-state index contributed by atoms with van der Waals surface area (Å²) in [4.78, 5) is 125. The molecule has 10 N–H and O–H groups in total. The fourth-order valence-corrected chi connectivity index (χ4v) is 13.7. The van der Waals surface area contributed by atoms with Gasteiger partial charge in [-0.2, -0.15) is 4.98 Å². The Morgan fingerprint density at radius 3 is 1.51 bits per heavy atom. The summed E-state index contributed by atoms with van der Waals surface area (Å²) in [7, 11) is 0.304. The van der Waals surface area contributed by atoms with Crippen LogP contribution < -0.4 is 53.9 Å². The second kappa shape index (κ2) is 46.2. The summed E-state index contributed by atoms with van der Waals surface area (Å²) >= 11 is 58.5. The summed E-state index contributed by atoms with van der Waals surface area (Å²) in [5, 5.41) is 41.7. The van der Waals surface area contributed by atoms with Gasteiger partial charge in [-0.3, -0.25) is 24.7 Å². The number of aryl methyl sites for hydroxylation is 4. The highest BCUT2D eigenvalue weighted by Crippen LogP contribution is 2.37. The molecule has 37 nitrogen and oxygen atoms in total. The van der Waals surface area contributed by atoms with E-state index in [1.165, 1.54) is 39.5 Å². The quantitative estimate of drug-likeness (QED) is 0.0416. The number of amides is 6. The number of halogens is 11. The molecule has 11 aromatic rings. The minimum Gasteiger partial charge on any atom is -0.533 e. The Hall–Kier alpha value is -10.3. The van der Waals surface area contributed by atoms with Gasteiger partial charge in [0.1, 0.15) is 87.8 Å². The lowest BCUT2D eigenvalue weighted by molar-refractivity contribution is 0.0197. The number of nitrogens with one attached hydrogen (secondary N) is 4. The molecule has 2 saturated heterocycles. The van der Waals surface area contributed by atoms with Crippen molar-refractivity contribution in [1.29, 1.82) is 0 Å². The maximum absolute atomic E-state index is 13.5. The van der Waals surface area contributed by atoms with Crippen LogP contribution in [0.5, 0.6) is 11.5 Å². The van der Waals surface area contributed by atoms with Gasteiger partial charge >= 0.3 is 37.3 Å². The molecule has 1 radical (unpaired) electrons. The number of fused-ring (bicyclic) bond motifs is 2. The van der Waals surface area contributed by atoms with Crippen molar-refractivity contribution in [3.63, 3.8) is 0 Å². The summed E-state index contributed by atoms with van der Waals surface area (Å²) in [6.45, 7) is 41.2. The van der Waals surface area contributed by atoms with Crippen LogP contribution in [0.4, 0.5) is 36.0 Å². The van der Waals surface area contributed by atoms with Gasteiger partial charge < -0.3 is 79.2 Å². The molecule has 49 heteroatoms. The van der Waals surface area contributed by atoms with Gasteiger partial charge in [0.2, 0.25) is 0 Å².